The van der Waals surface area contributed by atoms with Crippen molar-refractivity contribution >= 4 is 11.9 Å². The summed E-state index contributed by atoms with van der Waals surface area (Å²) >= 11 is 0. The van der Waals surface area contributed by atoms with E-state index < -0.39 is 0 Å². The van der Waals surface area contributed by atoms with E-state index in [1.807, 2.05) is 6.92 Å². The Morgan fingerprint density at radius 1 is 1.11 bits per heavy atom. The average Bonchev–Trinajstić information content (AvgIpc) is 2.36. The van der Waals surface area contributed by atoms with Crippen molar-refractivity contribution in [1.29, 1.82) is 0 Å². The van der Waals surface area contributed by atoms with Gasteiger partial charge >= 0.3 is 5.97 Å². The Hall–Kier alpha value is -1.06. The number of esters is 1. The molecule has 0 radical (unpaired) electrons. The van der Waals surface area contributed by atoms with Crippen LogP contribution >= 0.6 is 0 Å². The van der Waals surface area contributed by atoms with Crippen LogP contribution in [-0.4, -0.2) is 25.0 Å². The monoisotopic (exact) mass is 257 g/mol. The van der Waals surface area contributed by atoms with E-state index in [2.05, 4.69) is 12.2 Å². The van der Waals surface area contributed by atoms with Gasteiger partial charge < -0.3 is 10.1 Å². The molecule has 4 nitrogen and oxygen atoms in total. The molecule has 18 heavy (non-hydrogen) atoms. The van der Waals surface area contributed by atoms with Gasteiger partial charge in [-0.05, 0) is 19.8 Å². The molecule has 0 aliphatic heterocycles. The maximum absolute atomic E-state index is 11.8. The van der Waals surface area contributed by atoms with Crippen LogP contribution < -0.4 is 5.32 Å². The van der Waals surface area contributed by atoms with Crippen molar-refractivity contribution in [2.75, 3.05) is 13.2 Å². The largest absolute Gasteiger partial charge is 0.465 e. The van der Waals surface area contributed by atoms with E-state index in [0.717, 1.165) is 19.3 Å². The number of unbranched alkanes of at least 4 members (excludes halogenated alkanes) is 3. The van der Waals surface area contributed by atoms with Crippen LogP contribution in [0.2, 0.25) is 0 Å². The molecule has 0 saturated heterocycles. The van der Waals surface area contributed by atoms with Crippen molar-refractivity contribution in [3.05, 3.63) is 0 Å². The highest BCUT2D eigenvalue weighted by molar-refractivity contribution is 5.83. The number of carbonyl (C=O) groups is 2. The van der Waals surface area contributed by atoms with Gasteiger partial charge in [-0.25, -0.2) is 0 Å². The molecule has 0 fully saturated rings. The van der Waals surface area contributed by atoms with E-state index in [4.69, 9.17) is 4.74 Å². The second-order valence-corrected chi connectivity index (χ2v) is 4.48. The molecule has 0 aliphatic rings. The third-order valence-corrected chi connectivity index (χ3v) is 2.98. The average molecular weight is 257 g/mol. The Labute approximate surface area is 110 Å². The number of hydrogen-bond donors (Lipinski definition) is 1. The lowest BCUT2D eigenvalue weighted by Crippen LogP contribution is -2.35. The topological polar surface area (TPSA) is 55.4 Å². The van der Waals surface area contributed by atoms with Gasteiger partial charge in [0.2, 0.25) is 5.91 Å². The highest BCUT2D eigenvalue weighted by Crippen LogP contribution is 2.14. The summed E-state index contributed by atoms with van der Waals surface area (Å²) in [5.41, 5.74) is 0. The van der Waals surface area contributed by atoms with Gasteiger partial charge in [-0.3, -0.25) is 9.59 Å². The van der Waals surface area contributed by atoms with Crippen LogP contribution in [0, 0.1) is 5.92 Å². The molecule has 1 amide bonds. The Morgan fingerprint density at radius 2 is 1.83 bits per heavy atom. The van der Waals surface area contributed by atoms with E-state index in [1.54, 1.807) is 6.92 Å². The first-order valence-electron chi connectivity index (χ1n) is 7.08. The number of amides is 1. The third kappa shape index (κ3) is 8.09. The summed E-state index contributed by atoms with van der Waals surface area (Å²) in [6.07, 6.45) is 6.41. The zero-order valence-electron chi connectivity index (χ0n) is 12.0. The predicted octanol–water partition coefficient (Wildman–Crippen LogP) is 2.66. The van der Waals surface area contributed by atoms with Gasteiger partial charge in [-0.1, -0.05) is 39.5 Å². The smallest absolute Gasteiger partial charge is 0.325 e. The van der Waals surface area contributed by atoms with E-state index >= 15 is 0 Å². The first-order chi connectivity index (χ1) is 8.65. The molecule has 1 unspecified atom stereocenters. The van der Waals surface area contributed by atoms with Gasteiger partial charge in [0.15, 0.2) is 0 Å². The van der Waals surface area contributed by atoms with Crippen molar-refractivity contribution in [3.8, 4) is 0 Å². The minimum absolute atomic E-state index is 0.0157. The Bertz CT molecular complexity index is 241. The van der Waals surface area contributed by atoms with Crippen LogP contribution in [0.1, 0.15) is 59.3 Å². The van der Waals surface area contributed by atoms with Crippen molar-refractivity contribution in [2.45, 2.75) is 59.3 Å². The zero-order chi connectivity index (χ0) is 13.8. The minimum Gasteiger partial charge on any atom is -0.465 e. The minimum atomic E-state index is -0.369. The molecule has 0 bridgehead atoms. The van der Waals surface area contributed by atoms with Crippen molar-refractivity contribution in [3.63, 3.8) is 0 Å². The first kappa shape index (κ1) is 16.9. The molecule has 0 heterocycles. The fourth-order valence-corrected chi connectivity index (χ4v) is 1.85. The molecule has 0 aromatic heterocycles. The van der Waals surface area contributed by atoms with Crippen LogP contribution in [0.5, 0.6) is 0 Å². The van der Waals surface area contributed by atoms with Crippen molar-refractivity contribution < 1.29 is 14.3 Å². The first-order valence-corrected chi connectivity index (χ1v) is 7.08. The van der Waals surface area contributed by atoms with Crippen LogP contribution in [0.25, 0.3) is 0 Å². The number of ether oxygens (including phenoxy) is 1. The molecule has 0 spiro atoms. The molecule has 4 heteroatoms. The lowest BCUT2D eigenvalue weighted by molar-refractivity contribution is -0.143. The van der Waals surface area contributed by atoms with E-state index in [9.17, 15) is 9.59 Å². The number of rotatable bonds is 10. The molecule has 0 aromatic rings. The number of nitrogens with one attached hydrogen (secondary N) is 1. The molecule has 1 atom stereocenters. The normalized spacial score (nSPS) is 11.9. The van der Waals surface area contributed by atoms with Crippen LogP contribution in [-0.2, 0) is 14.3 Å². The van der Waals surface area contributed by atoms with Crippen molar-refractivity contribution in [2.24, 2.45) is 5.92 Å². The SMILES string of the molecule is CCCCCCC(CC)C(=O)NCC(=O)OCC. The van der Waals surface area contributed by atoms with Gasteiger partial charge in [0.05, 0.1) is 6.61 Å². The molecule has 0 rings (SSSR count). The van der Waals surface area contributed by atoms with Crippen molar-refractivity contribution in [1.82, 2.24) is 5.32 Å². The fourth-order valence-electron chi connectivity index (χ4n) is 1.85. The summed E-state index contributed by atoms with van der Waals surface area (Å²) in [4.78, 5) is 22.9. The summed E-state index contributed by atoms with van der Waals surface area (Å²) in [5, 5.41) is 2.65. The van der Waals surface area contributed by atoms with E-state index in [0.29, 0.717) is 6.61 Å². The fraction of sp³-hybridized carbons (Fsp3) is 0.857. The second-order valence-electron chi connectivity index (χ2n) is 4.48. The standard InChI is InChI=1S/C14H27NO3/c1-4-7-8-9-10-12(5-2)14(17)15-11-13(16)18-6-3/h12H,4-11H2,1-3H3,(H,15,17). The molecule has 0 aromatic carbocycles. The summed E-state index contributed by atoms with van der Waals surface area (Å²) in [7, 11) is 0. The maximum Gasteiger partial charge on any atom is 0.325 e. The summed E-state index contributed by atoms with van der Waals surface area (Å²) in [5.74, 6) is -0.370. The highest BCUT2D eigenvalue weighted by Gasteiger charge is 2.16. The molecule has 106 valence electrons. The Kier molecular flexibility index (Phi) is 10.4. The molecule has 0 saturated carbocycles. The molecular weight excluding hydrogens is 230 g/mol. The third-order valence-electron chi connectivity index (χ3n) is 2.98. The summed E-state index contributed by atoms with van der Waals surface area (Å²) in [6, 6.07) is 0. The van der Waals surface area contributed by atoms with Crippen LogP contribution in [0.4, 0.5) is 0 Å². The summed E-state index contributed by atoms with van der Waals surface area (Å²) < 4.78 is 4.77. The Morgan fingerprint density at radius 3 is 2.39 bits per heavy atom. The van der Waals surface area contributed by atoms with Gasteiger partial charge in [-0.15, -0.1) is 0 Å². The van der Waals surface area contributed by atoms with Gasteiger partial charge in [0.25, 0.3) is 0 Å². The lowest BCUT2D eigenvalue weighted by Gasteiger charge is -2.14. The molecule has 0 aliphatic carbocycles. The second kappa shape index (κ2) is 11.1. The Balaban J connectivity index is 3.84. The van der Waals surface area contributed by atoms with Gasteiger partial charge in [0, 0.05) is 5.92 Å². The van der Waals surface area contributed by atoms with E-state index in [1.165, 1.54) is 19.3 Å². The number of hydrogen-bond acceptors (Lipinski definition) is 3. The molecular formula is C14H27NO3. The van der Waals surface area contributed by atoms with Crippen LogP contribution in [0.15, 0.2) is 0 Å². The maximum atomic E-state index is 11.8. The highest BCUT2D eigenvalue weighted by atomic mass is 16.5. The predicted molar refractivity (Wildman–Crippen MR) is 72.2 cm³/mol. The van der Waals surface area contributed by atoms with E-state index in [-0.39, 0.29) is 24.3 Å². The number of carbonyl (C=O) groups excluding carboxylic acids is 2. The quantitative estimate of drug-likeness (QED) is 0.483. The molecule has 1 N–H and O–H groups in total. The van der Waals surface area contributed by atoms with Gasteiger partial charge in [0.1, 0.15) is 6.54 Å². The summed E-state index contributed by atoms with van der Waals surface area (Å²) in [6.45, 7) is 6.27. The lowest BCUT2D eigenvalue weighted by atomic mass is 9.97. The van der Waals surface area contributed by atoms with Gasteiger partial charge in [-0.2, -0.15) is 0 Å². The van der Waals surface area contributed by atoms with Crippen LogP contribution in [0.3, 0.4) is 0 Å². The zero-order valence-corrected chi connectivity index (χ0v) is 12.0.